The molecule has 0 aromatic rings. The third-order valence-electron chi connectivity index (χ3n) is 4.62. The minimum Gasteiger partial charge on any atom is -0.480 e. The van der Waals surface area contributed by atoms with Gasteiger partial charge in [0.2, 0.25) is 5.91 Å². The molecule has 108 valence electrons. The van der Waals surface area contributed by atoms with E-state index < -0.39 is 12.0 Å². The van der Waals surface area contributed by atoms with Crippen LogP contribution in [0.2, 0.25) is 0 Å². The van der Waals surface area contributed by atoms with Crippen molar-refractivity contribution >= 4 is 11.9 Å². The van der Waals surface area contributed by atoms with Gasteiger partial charge in [-0.2, -0.15) is 0 Å². The van der Waals surface area contributed by atoms with Crippen LogP contribution in [0.15, 0.2) is 0 Å². The van der Waals surface area contributed by atoms with E-state index in [1.54, 1.807) is 4.90 Å². The Kier molecular flexibility index (Phi) is 3.85. The molecule has 0 saturated carbocycles. The van der Waals surface area contributed by atoms with Crippen molar-refractivity contribution in [3.8, 4) is 0 Å². The van der Waals surface area contributed by atoms with Crippen molar-refractivity contribution in [1.82, 2.24) is 10.2 Å². The van der Waals surface area contributed by atoms with Crippen molar-refractivity contribution in [3.05, 3.63) is 0 Å². The smallest absolute Gasteiger partial charge is 0.326 e. The lowest BCUT2D eigenvalue weighted by atomic mass is 9.75. The van der Waals surface area contributed by atoms with Crippen molar-refractivity contribution in [1.29, 1.82) is 0 Å². The Morgan fingerprint density at radius 1 is 1.32 bits per heavy atom. The number of nitrogens with one attached hydrogen (secondary N) is 1. The summed E-state index contributed by atoms with van der Waals surface area (Å²) in [6, 6.07) is -0.693. The molecule has 5 nitrogen and oxygen atoms in total. The Balaban J connectivity index is 2.21. The van der Waals surface area contributed by atoms with Gasteiger partial charge in [0.05, 0.1) is 5.92 Å². The molecule has 3 atom stereocenters. The third kappa shape index (κ3) is 2.61. The van der Waals surface area contributed by atoms with E-state index in [1.165, 1.54) is 0 Å². The van der Waals surface area contributed by atoms with Gasteiger partial charge >= 0.3 is 5.97 Å². The number of likely N-dealkylation sites (tertiary alicyclic amines) is 1. The highest BCUT2D eigenvalue weighted by Gasteiger charge is 2.46. The standard InChI is InChI=1S/C14H24N2O3/c1-9-7-15-8-10(9)12(17)16-6-4-5-14(2,3)11(16)13(18)19/h9-11,15H,4-8H2,1-3H3,(H,18,19)/t9-,10-,11?/m1/s1. The minimum absolute atomic E-state index is 0.0117. The van der Waals surface area contributed by atoms with Crippen molar-refractivity contribution in [2.75, 3.05) is 19.6 Å². The van der Waals surface area contributed by atoms with Crippen LogP contribution >= 0.6 is 0 Å². The molecule has 2 N–H and O–H groups in total. The quantitative estimate of drug-likeness (QED) is 0.782. The maximum absolute atomic E-state index is 12.6. The van der Waals surface area contributed by atoms with E-state index in [-0.39, 0.29) is 23.2 Å². The van der Waals surface area contributed by atoms with Crippen LogP contribution in [0.5, 0.6) is 0 Å². The van der Waals surface area contributed by atoms with Crippen LogP contribution in [0.3, 0.4) is 0 Å². The second-order valence-corrected chi connectivity index (χ2v) is 6.61. The molecule has 2 aliphatic heterocycles. The van der Waals surface area contributed by atoms with Gasteiger partial charge in [-0.3, -0.25) is 4.79 Å². The number of carbonyl (C=O) groups is 2. The van der Waals surface area contributed by atoms with Crippen LogP contribution in [0, 0.1) is 17.3 Å². The lowest BCUT2D eigenvalue weighted by molar-refractivity contribution is -0.161. The average Bonchev–Trinajstić information content (AvgIpc) is 2.72. The number of carboxylic acids is 1. The zero-order valence-electron chi connectivity index (χ0n) is 12.0. The summed E-state index contributed by atoms with van der Waals surface area (Å²) in [4.78, 5) is 25.8. The summed E-state index contributed by atoms with van der Waals surface area (Å²) in [7, 11) is 0. The molecule has 0 radical (unpaired) electrons. The molecule has 1 amide bonds. The minimum atomic E-state index is -0.878. The van der Waals surface area contributed by atoms with E-state index in [9.17, 15) is 14.7 Å². The number of hydrogen-bond donors (Lipinski definition) is 2. The van der Waals surface area contributed by atoms with Crippen LogP contribution in [0.1, 0.15) is 33.6 Å². The van der Waals surface area contributed by atoms with Gasteiger partial charge in [-0.25, -0.2) is 4.79 Å². The van der Waals surface area contributed by atoms with E-state index in [0.717, 1.165) is 19.4 Å². The molecule has 2 rings (SSSR count). The van der Waals surface area contributed by atoms with Gasteiger partial charge in [0.15, 0.2) is 0 Å². The van der Waals surface area contributed by atoms with Crippen molar-refractivity contribution in [3.63, 3.8) is 0 Å². The number of carbonyl (C=O) groups excluding carboxylic acids is 1. The number of carboxylic acid groups (broad SMARTS) is 1. The molecule has 0 aromatic heterocycles. The largest absolute Gasteiger partial charge is 0.480 e. The summed E-state index contributed by atoms with van der Waals surface area (Å²) in [5.74, 6) is -0.655. The first kappa shape index (κ1) is 14.3. The first-order chi connectivity index (χ1) is 8.84. The molecule has 0 aliphatic carbocycles. The summed E-state index contributed by atoms with van der Waals surface area (Å²) < 4.78 is 0. The Labute approximate surface area is 114 Å². The van der Waals surface area contributed by atoms with E-state index in [1.807, 2.05) is 20.8 Å². The lowest BCUT2D eigenvalue weighted by Crippen LogP contribution is -2.58. The monoisotopic (exact) mass is 268 g/mol. The first-order valence-electron chi connectivity index (χ1n) is 7.08. The van der Waals surface area contributed by atoms with Crippen LogP contribution in [0.4, 0.5) is 0 Å². The molecule has 2 fully saturated rings. The number of amides is 1. The number of rotatable bonds is 2. The van der Waals surface area contributed by atoms with Crippen molar-refractivity contribution in [2.45, 2.75) is 39.7 Å². The fourth-order valence-corrected chi connectivity index (χ4v) is 3.45. The molecule has 1 unspecified atom stereocenters. The van der Waals surface area contributed by atoms with Gasteiger partial charge in [0, 0.05) is 13.1 Å². The zero-order chi connectivity index (χ0) is 14.2. The van der Waals surface area contributed by atoms with E-state index in [0.29, 0.717) is 13.1 Å². The molecular weight excluding hydrogens is 244 g/mol. The van der Waals surface area contributed by atoms with Crippen molar-refractivity contribution < 1.29 is 14.7 Å². The Morgan fingerprint density at radius 2 is 2.00 bits per heavy atom. The van der Waals surface area contributed by atoms with Gasteiger partial charge in [0.1, 0.15) is 6.04 Å². The Bertz CT molecular complexity index is 381. The molecular formula is C14H24N2O3. The Hall–Kier alpha value is -1.10. The molecule has 2 saturated heterocycles. The maximum atomic E-state index is 12.6. The van der Waals surface area contributed by atoms with Gasteiger partial charge < -0.3 is 15.3 Å². The second-order valence-electron chi connectivity index (χ2n) is 6.61. The fourth-order valence-electron chi connectivity index (χ4n) is 3.45. The van der Waals surface area contributed by atoms with E-state index in [2.05, 4.69) is 5.32 Å². The molecule has 0 spiro atoms. The van der Waals surface area contributed by atoms with E-state index >= 15 is 0 Å². The third-order valence-corrected chi connectivity index (χ3v) is 4.62. The maximum Gasteiger partial charge on any atom is 0.326 e. The summed E-state index contributed by atoms with van der Waals surface area (Å²) in [5.41, 5.74) is -0.352. The van der Waals surface area contributed by atoms with E-state index in [4.69, 9.17) is 0 Å². The van der Waals surface area contributed by atoms with Crippen LogP contribution in [-0.4, -0.2) is 47.6 Å². The predicted molar refractivity (Wildman–Crippen MR) is 71.7 cm³/mol. The average molecular weight is 268 g/mol. The van der Waals surface area contributed by atoms with Gasteiger partial charge in [0.25, 0.3) is 0 Å². The molecule has 2 heterocycles. The highest BCUT2D eigenvalue weighted by Crippen LogP contribution is 2.36. The SMILES string of the molecule is C[C@@H]1CNC[C@H]1C(=O)N1CCCC(C)(C)C1C(=O)O. The summed E-state index contributed by atoms with van der Waals surface area (Å²) in [6.07, 6.45) is 1.74. The fraction of sp³-hybridized carbons (Fsp3) is 0.857. The lowest BCUT2D eigenvalue weighted by Gasteiger charge is -2.45. The predicted octanol–water partition coefficient (Wildman–Crippen LogP) is 0.944. The molecule has 0 aromatic carbocycles. The van der Waals surface area contributed by atoms with Crippen molar-refractivity contribution in [2.24, 2.45) is 17.3 Å². The molecule has 19 heavy (non-hydrogen) atoms. The second kappa shape index (κ2) is 5.12. The van der Waals surface area contributed by atoms with Crippen LogP contribution < -0.4 is 5.32 Å². The van der Waals surface area contributed by atoms with Gasteiger partial charge in [-0.15, -0.1) is 0 Å². The summed E-state index contributed by atoms with van der Waals surface area (Å²) in [6.45, 7) is 8.02. The van der Waals surface area contributed by atoms with Gasteiger partial charge in [-0.1, -0.05) is 20.8 Å². The summed E-state index contributed by atoms with van der Waals surface area (Å²) >= 11 is 0. The Morgan fingerprint density at radius 3 is 2.53 bits per heavy atom. The van der Waals surface area contributed by atoms with Crippen LogP contribution in [0.25, 0.3) is 0 Å². The molecule has 5 heteroatoms. The normalized spacial score (nSPS) is 34.3. The number of piperidine rings is 1. The topological polar surface area (TPSA) is 69.6 Å². The number of hydrogen-bond acceptors (Lipinski definition) is 3. The highest BCUT2D eigenvalue weighted by molar-refractivity contribution is 5.86. The summed E-state index contributed by atoms with van der Waals surface area (Å²) in [5, 5.41) is 12.7. The number of aliphatic carboxylic acids is 1. The highest BCUT2D eigenvalue weighted by atomic mass is 16.4. The first-order valence-corrected chi connectivity index (χ1v) is 7.08. The van der Waals surface area contributed by atoms with Gasteiger partial charge in [-0.05, 0) is 30.7 Å². The molecule has 2 aliphatic rings. The number of nitrogens with zero attached hydrogens (tertiary/aromatic N) is 1. The molecule has 0 bridgehead atoms. The zero-order valence-corrected chi connectivity index (χ0v) is 12.0. The van der Waals surface area contributed by atoms with Crippen LogP contribution in [-0.2, 0) is 9.59 Å².